The maximum absolute atomic E-state index is 14.9. The van der Waals surface area contributed by atoms with Crippen molar-refractivity contribution in [2.45, 2.75) is 22.7 Å². The van der Waals surface area contributed by atoms with E-state index in [0.29, 0.717) is 0 Å². The lowest BCUT2D eigenvalue weighted by atomic mass is 10.1. The van der Waals surface area contributed by atoms with Crippen molar-refractivity contribution in [3.8, 4) is 0 Å². The van der Waals surface area contributed by atoms with Crippen LogP contribution in [-0.4, -0.2) is 4.99 Å². The van der Waals surface area contributed by atoms with Gasteiger partial charge in [0.05, 0.1) is 4.99 Å². The van der Waals surface area contributed by atoms with Gasteiger partial charge in [-0.2, -0.15) is 0 Å². The third kappa shape index (κ3) is 4.78. The first-order chi connectivity index (χ1) is 14.8. The molecule has 0 spiro atoms. The van der Waals surface area contributed by atoms with Gasteiger partial charge in [0.25, 0.3) is 0 Å². The Bertz CT molecular complexity index is 1040. The fourth-order valence-corrected chi connectivity index (χ4v) is 8.93. The number of rotatable bonds is 8. The van der Waals surface area contributed by atoms with Crippen LogP contribution in [0.1, 0.15) is 12.0 Å². The number of benzene rings is 4. The average molecular weight is 429 g/mol. The molecule has 0 aromatic heterocycles. The van der Waals surface area contributed by atoms with Crippen molar-refractivity contribution >= 4 is 29.5 Å². The minimum absolute atomic E-state index is 0.0510. The van der Waals surface area contributed by atoms with Crippen LogP contribution in [0.5, 0.6) is 0 Å². The van der Waals surface area contributed by atoms with Crippen LogP contribution in [-0.2, 0) is 11.0 Å². The van der Waals surface area contributed by atoms with E-state index >= 15 is 0 Å². The topological polar surface area (TPSA) is 17.1 Å². The molecule has 150 valence electrons. The fourth-order valence-electron chi connectivity index (χ4n) is 3.69. The lowest BCUT2D eigenvalue weighted by Gasteiger charge is -2.28. The Hall–Kier alpha value is -2.54. The molecule has 0 heterocycles. The van der Waals surface area contributed by atoms with Gasteiger partial charge in [-0.15, -0.1) is 11.8 Å². The van der Waals surface area contributed by atoms with E-state index in [1.54, 1.807) is 11.8 Å². The molecule has 0 radical (unpaired) electrons. The molecule has 0 aliphatic heterocycles. The smallest absolute Gasteiger partial charge is 0.155 e. The summed E-state index contributed by atoms with van der Waals surface area (Å²) in [7, 11) is -2.87. The molecule has 0 aliphatic carbocycles. The monoisotopic (exact) mass is 428 g/mol. The van der Waals surface area contributed by atoms with E-state index in [1.807, 2.05) is 84.9 Å². The Morgan fingerprint density at radius 3 is 1.53 bits per heavy atom. The predicted molar refractivity (Wildman–Crippen MR) is 131 cm³/mol. The van der Waals surface area contributed by atoms with Gasteiger partial charge in [-0.05, 0) is 30.5 Å². The molecule has 0 bridgehead atoms. The molecule has 4 aromatic carbocycles. The summed E-state index contributed by atoms with van der Waals surface area (Å²) in [5.41, 5.74) is 1.28. The van der Waals surface area contributed by atoms with E-state index in [9.17, 15) is 4.57 Å². The normalized spacial score (nSPS) is 12.4. The average Bonchev–Trinajstić information content (AvgIpc) is 2.83. The number of hydrogen-bond acceptors (Lipinski definition) is 2. The van der Waals surface area contributed by atoms with Gasteiger partial charge in [0.1, 0.15) is 0 Å². The predicted octanol–water partition coefficient (Wildman–Crippen LogP) is 6.75. The molecule has 30 heavy (non-hydrogen) atoms. The Labute approximate surface area is 183 Å². The van der Waals surface area contributed by atoms with E-state index in [2.05, 4.69) is 36.4 Å². The minimum Gasteiger partial charge on any atom is -0.312 e. The van der Waals surface area contributed by atoms with E-state index in [4.69, 9.17) is 0 Å². The van der Waals surface area contributed by atoms with Crippen LogP contribution in [0.25, 0.3) is 0 Å². The molecule has 1 atom stereocenters. The second-order valence-corrected chi connectivity index (χ2v) is 11.8. The number of aryl methyl sites for hydroxylation is 1. The second-order valence-electron chi connectivity index (χ2n) is 7.24. The minimum atomic E-state index is -2.87. The van der Waals surface area contributed by atoms with Crippen LogP contribution in [0.15, 0.2) is 126 Å². The highest BCUT2D eigenvalue weighted by molar-refractivity contribution is 8.08. The van der Waals surface area contributed by atoms with Crippen molar-refractivity contribution in [3.63, 3.8) is 0 Å². The van der Waals surface area contributed by atoms with E-state index in [1.165, 1.54) is 5.56 Å². The molecule has 0 saturated heterocycles. The largest absolute Gasteiger partial charge is 0.312 e. The van der Waals surface area contributed by atoms with Crippen molar-refractivity contribution < 1.29 is 4.57 Å². The summed E-state index contributed by atoms with van der Waals surface area (Å²) >= 11 is 1.74. The lowest BCUT2D eigenvalue weighted by Crippen LogP contribution is -2.24. The van der Waals surface area contributed by atoms with Crippen molar-refractivity contribution in [1.29, 1.82) is 0 Å². The maximum atomic E-state index is 14.9. The van der Waals surface area contributed by atoms with E-state index < -0.39 is 7.14 Å². The van der Waals surface area contributed by atoms with Crippen molar-refractivity contribution in [1.82, 2.24) is 0 Å². The molecule has 0 N–H and O–H groups in total. The van der Waals surface area contributed by atoms with Gasteiger partial charge in [0, 0.05) is 15.5 Å². The summed E-state index contributed by atoms with van der Waals surface area (Å²) in [5, 5.41) is 1.86. The summed E-state index contributed by atoms with van der Waals surface area (Å²) in [4.78, 5) is 1.10. The molecule has 0 saturated carbocycles. The Morgan fingerprint density at radius 1 is 0.600 bits per heavy atom. The maximum Gasteiger partial charge on any atom is 0.155 e. The number of hydrogen-bond donors (Lipinski definition) is 0. The molecule has 1 nitrogen and oxygen atoms in total. The van der Waals surface area contributed by atoms with Crippen molar-refractivity contribution in [2.75, 3.05) is 0 Å². The summed E-state index contributed by atoms with van der Waals surface area (Å²) in [6.45, 7) is 0. The van der Waals surface area contributed by atoms with Gasteiger partial charge in [-0.3, -0.25) is 0 Å². The Balaban J connectivity index is 1.77. The summed E-state index contributed by atoms with van der Waals surface area (Å²) in [5.74, 6) is 0. The second kappa shape index (κ2) is 9.98. The fraction of sp³-hybridized carbons (Fsp3) is 0.111. The van der Waals surface area contributed by atoms with Crippen LogP contribution >= 0.6 is 18.9 Å². The molecule has 0 fully saturated rings. The summed E-state index contributed by atoms with van der Waals surface area (Å²) in [6, 6.07) is 40.9. The quantitative estimate of drug-likeness (QED) is 0.228. The Kier molecular flexibility index (Phi) is 6.89. The first-order valence-corrected chi connectivity index (χ1v) is 12.9. The third-order valence-corrected chi connectivity index (χ3v) is 10.7. The third-order valence-electron chi connectivity index (χ3n) is 5.22. The molecule has 4 aromatic rings. The molecular weight excluding hydrogens is 403 g/mol. The van der Waals surface area contributed by atoms with Gasteiger partial charge in [-0.25, -0.2) is 0 Å². The highest BCUT2D eigenvalue weighted by atomic mass is 32.2. The number of thioether (sulfide) groups is 1. The summed E-state index contributed by atoms with van der Waals surface area (Å²) in [6.07, 6.45) is 1.74. The first kappa shape index (κ1) is 20.7. The van der Waals surface area contributed by atoms with Gasteiger partial charge in [0.2, 0.25) is 0 Å². The zero-order chi connectivity index (χ0) is 20.7. The SMILES string of the molecule is O=P(c1ccccc1)(c1ccccc1)C(CCc1ccccc1)Sc1ccccc1. The van der Waals surface area contributed by atoms with Crippen molar-refractivity contribution in [3.05, 3.63) is 127 Å². The zero-order valence-corrected chi connectivity index (χ0v) is 18.5. The highest BCUT2D eigenvalue weighted by Gasteiger charge is 2.37. The standard InChI is InChI=1S/C27H25OPS/c28-29(24-15-7-2-8-16-24,25-17-9-3-10-18-25)27(30-26-19-11-4-12-20-26)22-21-23-13-5-1-6-14-23/h1-20,27H,21-22H2. The van der Waals surface area contributed by atoms with Gasteiger partial charge >= 0.3 is 0 Å². The lowest BCUT2D eigenvalue weighted by molar-refractivity contribution is 0.583. The van der Waals surface area contributed by atoms with Gasteiger partial charge in [-0.1, -0.05) is 109 Å². The molecule has 3 heteroatoms. The highest BCUT2D eigenvalue weighted by Crippen LogP contribution is 2.56. The molecule has 0 aliphatic rings. The van der Waals surface area contributed by atoms with Crippen LogP contribution < -0.4 is 10.6 Å². The van der Waals surface area contributed by atoms with E-state index in [-0.39, 0.29) is 4.99 Å². The molecular formula is C27H25OPS. The zero-order valence-electron chi connectivity index (χ0n) is 16.8. The van der Waals surface area contributed by atoms with Gasteiger partial charge < -0.3 is 4.57 Å². The molecule has 4 rings (SSSR count). The molecule has 1 unspecified atom stereocenters. The van der Waals surface area contributed by atoms with Crippen LogP contribution in [0, 0.1) is 0 Å². The van der Waals surface area contributed by atoms with Crippen LogP contribution in [0.4, 0.5) is 0 Å². The molecule has 0 amide bonds. The Morgan fingerprint density at radius 2 is 1.03 bits per heavy atom. The van der Waals surface area contributed by atoms with Crippen LogP contribution in [0.2, 0.25) is 0 Å². The summed E-state index contributed by atoms with van der Waals surface area (Å²) < 4.78 is 14.9. The first-order valence-electron chi connectivity index (χ1n) is 10.2. The van der Waals surface area contributed by atoms with Gasteiger partial charge in [0.15, 0.2) is 7.14 Å². The van der Waals surface area contributed by atoms with Crippen molar-refractivity contribution in [2.24, 2.45) is 0 Å². The van der Waals surface area contributed by atoms with Crippen LogP contribution in [0.3, 0.4) is 0 Å². The van der Waals surface area contributed by atoms with E-state index in [0.717, 1.165) is 28.3 Å².